The number of hydrogen-bond acceptors (Lipinski definition) is 4. The van der Waals surface area contributed by atoms with E-state index in [1.165, 1.54) is 13.2 Å². The molecule has 0 unspecified atom stereocenters. The van der Waals surface area contributed by atoms with E-state index in [1.54, 1.807) is 12.1 Å². The molecule has 0 heterocycles. The van der Waals surface area contributed by atoms with Gasteiger partial charge >= 0.3 is 5.97 Å². The third kappa shape index (κ3) is 4.05. The molecule has 0 atom stereocenters. The Kier molecular flexibility index (Phi) is 5.45. The Morgan fingerprint density at radius 2 is 2.18 bits per heavy atom. The maximum Gasteiger partial charge on any atom is 0.339 e. The van der Waals surface area contributed by atoms with E-state index >= 15 is 0 Å². The Morgan fingerprint density at radius 3 is 2.76 bits per heavy atom. The molecule has 0 aliphatic heterocycles. The van der Waals surface area contributed by atoms with Gasteiger partial charge in [-0.15, -0.1) is 0 Å². The zero-order chi connectivity index (χ0) is 12.7. The first-order valence-electron chi connectivity index (χ1n) is 5.28. The zero-order valence-corrected chi connectivity index (χ0v) is 9.68. The van der Waals surface area contributed by atoms with Crippen molar-refractivity contribution in [3.05, 3.63) is 29.3 Å². The molecule has 2 N–H and O–H groups in total. The van der Waals surface area contributed by atoms with Gasteiger partial charge in [-0.2, -0.15) is 0 Å². The van der Waals surface area contributed by atoms with Crippen LogP contribution in [-0.4, -0.2) is 36.5 Å². The molecule has 0 spiro atoms. The lowest BCUT2D eigenvalue weighted by Gasteiger charge is -2.08. The third-order valence-electron chi connectivity index (χ3n) is 2.21. The Morgan fingerprint density at radius 1 is 1.41 bits per heavy atom. The Labute approximate surface area is 99.6 Å². The number of hydrogen-bond donors (Lipinski definition) is 2. The number of rotatable bonds is 7. The molecule has 0 aliphatic carbocycles. The molecular weight excluding hydrogens is 224 g/mol. The van der Waals surface area contributed by atoms with Gasteiger partial charge in [0.2, 0.25) is 0 Å². The van der Waals surface area contributed by atoms with Gasteiger partial charge in [-0.05, 0) is 24.1 Å². The fraction of sp³-hybridized carbons (Fsp3) is 0.417. The maximum absolute atomic E-state index is 10.9. The van der Waals surface area contributed by atoms with Crippen molar-refractivity contribution in [2.75, 3.05) is 20.3 Å². The van der Waals surface area contributed by atoms with Crippen LogP contribution in [0.15, 0.2) is 18.2 Å². The lowest BCUT2D eigenvalue weighted by molar-refractivity contribution is 0.0692. The highest BCUT2D eigenvalue weighted by Gasteiger charge is 2.10. The molecule has 5 nitrogen and oxygen atoms in total. The van der Waals surface area contributed by atoms with Crippen molar-refractivity contribution < 1.29 is 24.5 Å². The molecule has 0 amide bonds. The summed E-state index contributed by atoms with van der Waals surface area (Å²) in [5.41, 5.74) is 0.969. The summed E-state index contributed by atoms with van der Waals surface area (Å²) >= 11 is 0. The van der Waals surface area contributed by atoms with E-state index in [2.05, 4.69) is 0 Å². The van der Waals surface area contributed by atoms with E-state index in [0.717, 1.165) is 5.56 Å². The van der Waals surface area contributed by atoms with Crippen LogP contribution in [0.25, 0.3) is 0 Å². The summed E-state index contributed by atoms with van der Waals surface area (Å²) < 4.78 is 10.3. The van der Waals surface area contributed by atoms with Crippen LogP contribution in [0.2, 0.25) is 0 Å². The van der Waals surface area contributed by atoms with Crippen molar-refractivity contribution in [2.24, 2.45) is 0 Å². The molecular formula is C12H16O5. The Balaban J connectivity index is 2.66. The minimum Gasteiger partial charge on any atom is -0.496 e. The predicted molar refractivity (Wildman–Crippen MR) is 61.3 cm³/mol. The summed E-state index contributed by atoms with van der Waals surface area (Å²) in [6, 6.07) is 4.82. The number of benzene rings is 1. The number of aliphatic hydroxyl groups excluding tert-OH is 1. The normalized spacial score (nSPS) is 10.2. The van der Waals surface area contributed by atoms with Crippen molar-refractivity contribution in [2.45, 2.75) is 13.0 Å². The second-order valence-electron chi connectivity index (χ2n) is 3.47. The SMILES string of the molecule is COc1cc(COCCCO)ccc1C(=O)O. The minimum absolute atomic E-state index is 0.0985. The van der Waals surface area contributed by atoms with Crippen LogP contribution in [0.5, 0.6) is 5.75 Å². The second kappa shape index (κ2) is 6.88. The quantitative estimate of drug-likeness (QED) is 0.702. The molecule has 17 heavy (non-hydrogen) atoms. The topological polar surface area (TPSA) is 76.0 Å². The van der Waals surface area contributed by atoms with Crippen molar-refractivity contribution in [1.82, 2.24) is 0 Å². The highest BCUT2D eigenvalue weighted by molar-refractivity contribution is 5.90. The predicted octanol–water partition coefficient (Wildman–Crippen LogP) is 1.29. The summed E-state index contributed by atoms with van der Waals surface area (Å²) in [7, 11) is 1.43. The molecule has 0 aromatic heterocycles. The van der Waals surface area contributed by atoms with Gasteiger partial charge in [0, 0.05) is 13.2 Å². The average molecular weight is 240 g/mol. The van der Waals surface area contributed by atoms with Crippen molar-refractivity contribution in [1.29, 1.82) is 0 Å². The standard InChI is InChI=1S/C12H16O5/c1-16-11-7-9(8-17-6-2-5-13)3-4-10(11)12(14)15/h3-4,7,13H,2,5-6,8H2,1H3,(H,14,15). The Hall–Kier alpha value is -1.59. The van der Waals surface area contributed by atoms with E-state index in [-0.39, 0.29) is 12.2 Å². The van der Waals surface area contributed by atoms with Crippen LogP contribution in [0.1, 0.15) is 22.3 Å². The van der Waals surface area contributed by atoms with E-state index in [1.807, 2.05) is 0 Å². The van der Waals surface area contributed by atoms with Crippen LogP contribution in [0, 0.1) is 0 Å². The average Bonchev–Trinajstić information content (AvgIpc) is 2.34. The van der Waals surface area contributed by atoms with Gasteiger partial charge < -0.3 is 19.7 Å². The molecule has 0 radical (unpaired) electrons. The van der Waals surface area contributed by atoms with Crippen LogP contribution < -0.4 is 4.74 Å². The van der Waals surface area contributed by atoms with Crippen molar-refractivity contribution >= 4 is 5.97 Å². The fourth-order valence-electron chi connectivity index (χ4n) is 1.36. The first kappa shape index (κ1) is 13.5. The van der Waals surface area contributed by atoms with Gasteiger partial charge in [-0.3, -0.25) is 0 Å². The monoisotopic (exact) mass is 240 g/mol. The lowest BCUT2D eigenvalue weighted by Crippen LogP contribution is -2.02. The molecule has 0 fully saturated rings. The largest absolute Gasteiger partial charge is 0.496 e. The molecule has 1 aromatic rings. The van der Waals surface area contributed by atoms with Gasteiger partial charge in [-0.25, -0.2) is 4.79 Å². The third-order valence-corrected chi connectivity index (χ3v) is 2.21. The van der Waals surface area contributed by atoms with Gasteiger partial charge in [0.25, 0.3) is 0 Å². The molecule has 5 heteroatoms. The molecule has 94 valence electrons. The number of ether oxygens (including phenoxy) is 2. The van der Waals surface area contributed by atoms with E-state index in [9.17, 15) is 4.79 Å². The zero-order valence-electron chi connectivity index (χ0n) is 9.68. The number of carbonyl (C=O) groups is 1. The number of carboxylic acid groups (broad SMARTS) is 1. The first-order chi connectivity index (χ1) is 8.19. The summed E-state index contributed by atoms with van der Waals surface area (Å²) in [5, 5.41) is 17.5. The van der Waals surface area contributed by atoms with Crippen LogP contribution in [0.3, 0.4) is 0 Å². The summed E-state index contributed by atoms with van der Waals surface area (Å²) in [6.45, 7) is 0.941. The lowest BCUT2D eigenvalue weighted by atomic mass is 10.1. The molecule has 0 bridgehead atoms. The maximum atomic E-state index is 10.9. The van der Waals surface area contributed by atoms with Crippen LogP contribution in [0.4, 0.5) is 0 Å². The number of methoxy groups -OCH3 is 1. The van der Waals surface area contributed by atoms with E-state index in [4.69, 9.17) is 19.7 Å². The van der Waals surface area contributed by atoms with Crippen molar-refractivity contribution in [3.8, 4) is 5.75 Å². The number of carboxylic acids is 1. The Bertz CT molecular complexity index is 375. The minimum atomic E-state index is -1.02. The highest BCUT2D eigenvalue weighted by Crippen LogP contribution is 2.20. The smallest absolute Gasteiger partial charge is 0.339 e. The van der Waals surface area contributed by atoms with Crippen LogP contribution in [-0.2, 0) is 11.3 Å². The highest BCUT2D eigenvalue weighted by atomic mass is 16.5. The van der Waals surface area contributed by atoms with Crippen molar-refractivity contribution in [3.63, 3.8) is 0 Å². The molecule has 1 rings (SSSR count). The second-order valence-corrected chi connectivity index (χ2v) is 3.47. The van der Waals surface area contributed by atoms with Crippen LogP contribution >= 0.6 is 0 Å². The summed E-state index contributed by atoms with van der Waals surface area (Å²) in [5.74, 6) is -0.699. The molecule has 0 saturated heterocycles. The fourth-order valence-corrected chi connectivity index (χ4v) is 1.36. The number of aliphatic hydroxyl groups is 1. The molecule has 0 aliphatic rings. The van der Waals surface area contributed by atoms with Gasteiger partial charge in [-0.1, -0.05) is 6.07 Å². The van der Waals surface area contributed by atoms with Gasteiger partial charge in [0.1, 0.15) is 11.3 Å². The molecule has 0 saturated carbocycles. The van der Waals surface area contributed by atoms with Gasteiger partial charge in [0.05, 0.1) is 13.7 Å². The number of aromatic carboxylic acids is 1. The van der Waals surface area contributed by atoms with Gasteiger partial charge in [0.15, 0.2) is 0 Å². The van der Waals surface area contributed by atoms with E-state index in [0.29, 0.717) is 25.4 Å². The first-order valence-corrected chi connectivity index (χ1v) is 5.28. The van der Waals surface area contributed by atoms with E-state index < -0.39 is 5.97 Å². The summed E-state index contributed by atoms with van der Waals surface area (Å²) in [6.07, 6.45) is 0.588. The molecule has 1 aromatic carbocycles. The summed E-state index contributed by atoms with van der Waals surface area (Å²) in [4.78, 5) is 10.9.